The second-order valence-electron chi connectivity index (χ2n) is 6.92. The van der Waals surface area contributed by atoms with Crippen molar-refractivity contribution in [3.05, 3.63) is 30.3 Å². The Bertz CT molecular complexity index is 744. The van der Waals surface area contributed by atoms with E-state index in [-0.39, 0.29) is 42.6 Å². The van der Waals surface area contributed by atoms with E-state index in [2.05, 4.69) is 6.92 Å². The molecule has 2 amide bonds. The van der Waals surface area contributed by atoms with E-state index in [4.69, 9.17) is 0 Å². The highest BCUT2D eigenvalue weighted by Crippen LogP contribution is 2.17. The molecule has 0 aliphatic carbocycles. The van der Waals surface area contributed by atoms with Crippen LogP contribution in [0.3, 0.4) is 0 Å². The Kier molecular flexibility index (Phi) is 8.44. The predicted molar refractivity (Wildman–Crippen MR) is 108 cm³/mol. The van der Waals surface area contributed by atoms with E-state index in [1.807, 2.05) is 6.92 Å². The number of benzene rings is 1. The number of unbranched alkanes of at least 4 members (excludes halogenated alkanes) is 1. The lowest BCUT2D eigenvalue weighted by Crippen LogP contribution is -2.50. The van der Waals surface area contributed by atoms with Crippen LogP contribution in [0.4, 0.5) is 0 Å². The zero-order valence-electron chi connectivity index (χ0n) is 16.8. The third-order valence-corrected chi connectivity index (χ3v) is 6.95. The maximum atomic E-state index is 12.6. The summed E-state index contributed by atoms with van der Waals surface area (Å²) in [6.45, 7) is 6.67. The molecule has 156 valence electrons. The van der Waals surface area contributed by atoms with Crippen molar-refractivity contribution in [3.8, 4) is 0 Å². The zero-order valence-corrected chi connectivity index (χ0v) is 17.7. The van der Waals surface area contributed by atoms with Gasteiger partial charge in [0.25, 0.3) is 0 Å². The highest BCUT2D eigenvalue weighted by molar-refractivity contribution is 7.89. The first-order valence-corrected chi connectivity index (χ1v) is 11.4. The highest BCUT2D eigenvalue weighted by Gasteiger charge is 2.30. The van der Waals surface area contributed by atoms with Gasteiger partial charge in [0, 0.05) is 52.1 Å². The minimum atomic E-state index is -3.53. The lowest BCUT2D eigenvalue weighted by Gasteiger charge is -2.34. The van der Waals surface area contributed by atoms with Crippen LogP contribution in [0.5, 0.6) is 0 Å². The Morgan fingerprint density at radius 1 is 1.00 bits per heavy atom. The fourth-order valence-corrected chi connectivity index (χ4v) is 4.70. The van der Waals surface area contributed by atoms with Crippen LogP contribution >= 0.6 is 0 Å². The summed E-state index contributed by atoms with van der Waals surface area (Å²) in [5.41, 5.74) is 0. The maximum Gasteiger partial charge on any atom is 0.243 e. The lowest BCUT2D eigenvalue weighted by molar-refractivity contribution is -0.137. The van der Waals surface area contributed by atoms with Crippen molar-refractivity contribution in [2.75, 3.05) is 39.3 Å². The summed E-state index contributed by atoms with van der Waals surface area (Å²) in [5.74, 6) is -0.0776. The fourth-order valence-electron chi connectivity index (χ4n) is 3.26. The number of amides is 2. The average molecular weight is 410 g/mol. The van der Waals surface area contributed by atoms with Crippen molar-refractivity contribution in [2.45, 2.75) is 44.4 Å². The second kappa shape index (κ2) is 10.6. The van der Waals surface area contributed by atoms with Crippen molar-refractivity contribution in [1.82, 2.24) is 14.1 Å². The van der Waals surface area contributed by atoms with Gasteiger partial charge in [-0.05, 0) is 25.5 Å². The van der Waals surface area contributed by atoms with Crippen LogP contribution in [-0.4, -0.2) is 73.6 Å². The smallest absolute Gasteiger partial charge is 0.243 e. The van der Waals surface area contributed by atoms with Crippen LogP contribution in [0.15, 0.2) is 35.2 Å². The van der Waals surface area contributed by atoms with Gasteiger partial charge >= 0.3 is 0 Å². The number of sulfonamides is 1. The molecule has 1 saturated heterocycles. The van der Waals surface area contributed by atoms with Crippen molar-refractivity contribution in [3.63, 3.8) is 0 Å². The first-order valence-electron chi connectivity index (χ1n) is 10.0. The molecule has 0 bridgehead atoms. The largest absolute Gasteiger partial charge is 0.343 e. The number of hydrogen-bond donors (Lipinski definition) is 0. The molecule has 8 heteroatoms. The van der Waals surface area contributed by atoms with Crippen LogP contribution in [0, 0.1) is 0 Å². The standard InChI is InChI=1S/C20H31N3O4S/c1-3-5-13-21(4-2)19(24)11-12-20(25)22-14-16-23(17-15-22)28(26,27)18-9-7-6-8-10-18/h6-10H,3-5,11-17H2,1-2H3. The summed E-state index contributed by atoms with van der Waals surface area (Å²) in [6.07, 6.45) is 2.37. The van der Waals surface area contributed by atoms with Crippen LogP contribution < -0.4 is 0 Å². The summed E-state index contributed by atoms with van der Waals surface area (Å²) < 4.78 is 26.7. The molecule has 0 N–H and O–H groups in total. The van der Waals surface area contributed by atoms with Gasteiger partial charge in [-0.2, -0.15) is 4.31 Å². The molecule has 0 unspecified atom stereocenters. The van der Waals surface area contributed by atoms with E-state index in [0.29, 0.717) is 19.6 Å². The molecule has 0 spiro atoms. The number of carbonyl (C=O) groups excluding carboxylic acids is 2. The zero-order chi connectivity index (χ0) is 20.6. The van der Waals surface area contributed by atoms with Crippen molar-refractivity contribution >= 4 is 21.8 Å². The quantitative estimate of drug-likeness (QED) is 0.625. The third kappa shape index (κ3) is 5.78. The van der Waals surface area contributed by atoms with Crippen LogP contribution in [0.25, 0.3) is 0 Å². The molecule has 1 aromatic rings. The molecule has 28 heavy (non-hydrogen) atoms. The first kappa shape index (κ1) is 22.4. The van der Waals surface area contributed by atoms with E-state index < -0.39 is 10.0 Å². The molecule has 1 aliphatic rings. The van der Waals surface area contributed by atoms with Crippen molar-refractivity contribution < 1.29 is 18.0 Å². The molecule has 1 aromatic carbocycles. The van der Waals surface area contributed by atoms with Crippen molar-refractivity contribution in [2.24, 2.45) is 0 Å². The summed E-state index contributed by atoms with van der Waals surface area (Å²) in [4.78, 5) is 28.4. The van der Waals surface area contributed by atoms with Gasteiger partial charge in [0.15, 0.2) is 0 Å². The molecule has 0 saturated carbocycles. The van der Waals surface area contributed by atoms with E-state index in [1.165, 1.54) is 4.31 Å². The molecular weight excluding hydrogens is 378 g/mol. The Hall–Kier alpha value is -1.93. The van der Waals surface area contributed by atoms with Crippen molar-refractivity contribution in [1.29, 1.82) is 0 Å². The summed E-state index contributed by atoms with van der Waals surface area (Å²) in [5, 5.41) is 0. The van der Waals surface area contributed by atoms with E-state index in [0.717, 1.165) is 19.4 Å². The molecule has 0 atom stereocenters. The molecule has 7 nitrogen and oxygen atoms in total. The third-order valence-electron chi connectivity index (χ3n) is 5.04. The van der Waals surface area contributed by atoms with Gasteiger partial charge in [0.2, 0.25) is 21.8 Å². The number of nitrogens with zero attached hydrogens (tertiary/aromatic N) is 3. The van der Waals surface area contributed by atoms with Gasteiger partial charge in [-0.1, -0.05) is 31.5 Å². The fraction of sp³-hybridized carbons (Fsp3) is 0.600. The van der Waals surface area contributed by atoms with Gasteiger partial charge in [-0.25, -0.2) is 8.42 Å². The molecule has 1 fully saturated rings. The van der Waals surface area contributed by atoms with Gasteiger partial charge in [0.05, 0.1) is 4.90 Å². The summed E-state index contributed by atoms with van der Waals surface area (Å²) in [7, 11) is -3.53. The number of rotatable bonds is 9. The number of carbonyl (C=O) groups is 2. The summed E-state index contributed by atoms with van der Waals surface area (Å²) in [6, 6.07) is 8.33. The van der Waals surface area contributed by atoms with Gasteiger partial charge in [-0.15, -0.1) is 0 Å². The Balaban J connectivity index is 1.83. The Labute approximate surface area is 168 Å². The average Bonchev–Trinajstić information content (AvgIpc) is 2.73. The van der Waals surface area contributed by atoms with E-state index >= 15 is 0 Å². The van der Waals surface area contributed by atoms with E-state index in [9.17, 15) is 18.0 Å². The normalized spacial score (nSPS) is 15.4. The molecule has 2 rings (SSSR count). The first-order chi connectivity index (χ1) is 13.4. The molecule has 1 heterocycles. The minimum absolute atomic E-state index is 0.00888. The molecule has 0 aromatic heterocycles. The molecule has 1 aliphatic heterocycles. The van der Waals surface area contributed by atoms with Gasteiger partial charge < -0.3 is 9.80 Å². The number of hydrogen-bond acceptors (Lipinski definition) is 4. The topological polar surface area (TPSA) is 78.0 Å². The predicted octanol–water partition coefficient (Wildman–Crippen LogP) is 1.95. The molecule has 0 radical (unpaired) electrons. The van der Waals surface area contributed by atoms with Crippen LogP contribution in [-0.2, 0) is 19.6 Å². The monoisotopic (exact) mass is 409 g/mol. The Morgan fingerprint density at radius 2 is 1.64 bits per heavy atom. The van der Waals surface area contributed by atoms with Gasteiger partial charge in [-0.3, -0.25) is 9.59 Å². The van der Waals surface area contributed by atoms with Gasteiger partial charge in [0.1, 0.15) is 0 Å². The lowest BCUT2D eigenvalue weighted by atomic mass is 10.2. The summed E-state index contributed by atoms with van der Waals surface area (Å²) >= 11 is 0. The minimum Gasteiger partial charge on any atom is -0.343 e. The number of piperazine rings is 1. The molecular formula is C20H31N3O4S. The van der Waals surface area contributed by atoms with E-state index in [1.54, 1.807) is 40.1 Å². The van der Waals surface area contributed by atoms with Crippen LogP contribution in [0.1, 0.15) is 39.5 Å². The van der Waals surface area contributed by atoms with Crippen LogP contribution in [0.2, 0.25) is 0 Å². The Morgan fingerprint density at radius 3 is 2.21 bits per heavy atom. The second-order valence-corrected chi connectivity index (χ2v) is 8.86. The maximum absolute atomic E-state index is 12.6. The highest BCUT2D eigenvalue weighted by atomic mass is 32.2. The SMILES string of the molecule is CCCCN(CC)C(=O)CCC(=O)N1CCN(S(=O)(=O)c2ccccc2)CC1.